The SMILES string of the molecule is [N-]=[N+]=C(C(=O)OCCOC(=O)C(=[N+]=[N-])c1ccccc1)c1ccccc1. The Morgan fingerprint density at radius 1 is 0.692 bits per heavy atom. The molecular weight excluding hydrogens is 336 g/mol. The van der Waals surface area contributed by atoms with Gasteiger partial charge in [-0.25, -0.2) is 9.59 Å². The van der Waals surface area contributed by atoms with E-state index in [1.54, 1.807) is 60.7 Å². The van der Waals surface area contributed by atoms with E-state index < -0.39 is 11.9 Å². The monoisotopic (exact) mass is 350 g/mol. The average Bonchev–Trinajstić information content (AvgIpc) is 2.68. The Morgan fingerprint density at radius 2 is 1.04 bits per heavy atom. The van der Waals surface area contributed by atoms with Gasteiger partial charge in [-0.3, -0.25) is 0 Å². The molecule has 0 N–H and O–H groups in total. The zero-order valence-electron chi connectivity index (χ0n) is 13.6. The molecule has 130 valence electrons. The van der Waals surface area contributed by atoms with Crippen LogP contribution in [0, 0.1) is 0 Å². The summed E-state index contributed by atoms with van der Waals surface area (Å²) in [5, 5.41) is 0. The van der Waals surface area contributed by atoms with E-state index in [1.165, 1.54) is 0 Å². The summed E-state index contributed by atoms with van der Waals surface area (Å²) >= 11 is 0. The van der Waals surface area contributed by atoms with Gasteiger partial charge in [-0.1, -0.05) is 36.4 Å². The minimum absolute atomic E-state index is 0.260. The van der Waals surface area contributed by atoms with Crippen molar-refractivity contribution in [2.45, 2.75) is 0 Å². The average molecular weight is 350 g/mol. The highest BCUT2D eigenvalue weighted by Gasteiger charge is 2.26. The molecule has 0 radical (unpaired) electrons. The van der Waals surface area contributed by atoms with Crippen LogP contribution in [0.15, 0.2) is 60.7 Å². The summed E-state index contributed by atoms with van der Waals surface area (Å²) in [4.78, 5) is 29.7. The Hall–Kier alpha value is -3.86. The van der Waals surface area contributed by atoms with Crippen LogP contribution in [0.1, 0.15) is 11.1 Å². The number of rotatable bonds is 7. The van der Waals surface area contributed by atoms with Crippen LogP contribution in [0.25, 0.3) is 11.1 Å². The molecular formula is C18H14N4O4. The Morgan fingerprint density at radius 3 is 1.35 bits per heavy atom. The predicted octanol–water partition coefficient (Wildman–Crippen LogP) is 1.51. The lowest BCUT2D eigenvalue weighted by atomic mass is 10.1. The fraction of sp³-hybridized carbons (Fsp3) is 0.111. The Kier molecular flexibility index (Phi) is 6.71. The van der Waals surface area contributed by atoms with Crippen molar-refractivity contribution in [1.82, 2.24) is 0 Å². The fourth-order valence-corrected chi connectivity index (χ4v) is 2.03. The van der Waals surface area contributed by atoms with Crippen molar-refractivity contribution in [3.63, 3.8) is 0 Å². The minimum atomic E-state index is -0.867. The molecule has 0 fully saturated rings. The van der Waals surface area contributed by atoms with Crippen molar-refractivity contribution in [3.8, 4) is 0 Å². The van der Waals surface area contributed by atoms with Gasteiger partial charge in [0.2, 0.25) is 0 Å². The molecule has 2 aromatic carbocycles. The van der Waals surface area contributed by atoms with Crippen LogP contribution >= 0.6 is 0 Å². The first-order chi connectivity index (χ1) is 12.7. The topological polar surface area (TPSA) is 125 Å². The Labute approximate surface area is 148 Å². The van der Waals surface area contributed by atoms with E-state index in [2.05, 4.69) is 9.58 Å². The lowest BCUT2D eigenvalue weighted by Crippen LogP contribution is -2.25. The maximum atomic E-state index is 11.9. The molecule has 0 aromatic heterocycles. The normalized spacial score (nSPS) is 9.38. The van der Waals surface area contributed by atoms with Crippen LogP contribution in [-0.4, -0.2) is 46.2 Å². The second-order valence-corrected chi connectivity index (χ2v) is 4.90. The van der Waals surface area contributed by atoms with Gasteiger partial charge in [-0.05, 0) is 24.3 Å². The predicted molar refractivity (Wildman–Crippen MR) is 90.3 cm³/mol. The van der Waals surface area contributed by atoms with E-state index in [1.807, 2.05) is 0 Å². The lowest BCUT2D eigenvalue weighted by Gasteiger charge is -2.03. The maximum absolute atomic E-state index is 11.9. The summed E-state index contributed by atoms with van der Waals surface area (Å²) in [6, 6.07) is 16.5. The molecule has 0 atom stereocenters. The molecule has 0 aliphatic carbocycles. The number of hydrogen-bond acceptors (Lipinski definition) is 4. The van der Waals surface area contributed by atoms with E-state index in [0.29, 0.717) is 11.1 Å². The molecule has 0 aliphatic rings. The van der Waals surface area contributed by atoms with E-state index in [4.69, 9.17) is 20.5 Å². The van der Waals surface area contributed by atoms with Crippen molar-refractivity contribution >= 4 is 23.4 Å². The van der Waals surface area contributed by atoms with Crippen molar-refractivity contribution in [2.75, 3.05) is 13.2 Å². The quantitative estimate of drug-likeness (QED) is 0.247. The highest BCUT2D eigenvalue weighted by atomic mass is 16.6. The summed E-state index contributed by atoms with van der Waals surface area (Å²) < 4.78 is 9.82. The van der Waals surface area contributed by atoms with Crippen LogP contribution in [0.4, 0.5) is 0 Å². The zero-order chi connectivity index (χ0) is 18.8. The molecule has 0 bridgehead atoms. The van der Waals surface area contributed by atoms with Gasteiger partial charge in [0.05, 0.1) is 11.1 Å². The van der Waals surface area contributed by atoms with E-state index in [-0.39, 0.29) is 24.6 Å². The van der Waals surface area contributed by atoms with Crippen molar-refractivity contribution < 1.29 is 28.6 Å². The summed E-state index contributed by atoms with van der Waals surface area (Å²) in [5.41, 5.74) is 18.2. The molecule has 0 saturated carbocycles. The highest BCUT2D eigenvalue weighted by Crippen LogP contribution is 2.02. The number of carbonyl (C=O) groups excluding carboxylic acids is 2. The van der Waals surface area contributed by atoms with E-state index >= 15 is 0 Å². The third-order valence-electron chi connectivity index (χ3n) is 3.23. The second-order valence-electron chi connectivity index (χ2n) is 4.90. The molecule has 0 saturated heterocycles. The number of esters is 2. The molecule has 0 amide bonds. The van der Waals surface area contributed by atoms with Gasteiger partial charge in [0, 0.05) is 0 Å². The number of benzene rings is 2. The number of hydrogen-bond donors (Lipinski definition) is 0. The van der Waals surface area contributed by atoms with E-state index in [0.717, 1.165) is 0 Å². The Balaban J connectivity index is 1.86. The van der Waals surface area contributed by atoms with Crippen LogP contribution in [-0.2, 0) is 19.1 Å². The summed E-state index contributed by atoms with van der Waals surface area (Å²) in [5.74, 6) is -1.73. The Bertz CT molecular complexity index is 808. The van der Waals surface area contributed by atoms with Gasteiger partial charge >= 0.3 is 23.4 Å². The van der Waals surface area contributed by atoms with Crippen LogP contribution in [0.5, 0.6) is 0 Å². The van der Waals surface area contributed by atoms with Gasteiger partial charge in [0.1, 0.15) is 13.2 Å². The molecule has 0 aliphatic heterocycles. The van der Waals surface area contributed by atoms with Gasteiger partial charge < -0.3 is 20.5 Å². The van der Waals surface area contributed by atoms with Gasteiger partial charge in [-0.15, -0.1) is 0 Å². The molecule has 26 heavy (non-hydrogen) atoms. The third-order valence-corrected chi connectivity index (χ3v) is 3.23. The van der Waals surface area contributed by atoms with Crippen molar-refractivity contribution in [1.29, 1.82) is 0 Å². The van der Waals surface area contributed by atoms with E-state index in [9.17, 15) is 9.59 Å². The van der Waals surface area contributed by atoms with Crippen LogP contribution < -0.4 is 0 Å². The first-order valence-electron chi connectivity index (χ1n) is 7.56. The highest BCUT2D eigenvalue weighted by molar-refractivity contribution is 6.41. The molecule has 0 heterocycles. The van der Waals surface area contributed by atoms with Gasteiger partial charge in [0.15, 0.2) is 0 Å². The fourth-order valence-electron chi connectivity index (χ4n) is 2.03. The van der Waals surface area contributed by atoms with Gasteiger partial charge in [0.25, 0.3) is 0 Å². The van der Waals surface area contributed by atoms with Crippen LogP contribution in [0.3, 0.4) is 0 Å². The molecule has 2 aromatic rings. The number of carbonyl (C=O) groups is 2. The molecule has 8 heteroatoms. The summed E-state index contributed by atoms with van der Waals surface area (Å²) in [6.07, 6.45) is 0. The summed E-state index contributed by atoms with van der Waals surface area (Å²) in [7, 11) is 0. The number of nitrogens with zero attached hydrogens (tertiary/aromatic N) is 4. The largest absolute Gasteiger partial charge is 0.453 e. The molecule has 0 unspecified atom stereocenters. The lowest BCUT2D eigenvalue weighted by molar-refractivity contribution is -0.147. The van der Waals surface area contributed by atoms with Crippen molar-refractivity contribution in [2.24, 2.45) is 0 Å². The number of ether oxygens (including phenoxy) is 2. The van der Waals surface area contributed by atoms with Crippen LogP contribution in [0.2, 0.25) is 0 Å². The van der Waals surface area contributed by atoms with Crippen molar-refractivity contribution in [3.05, 3.63) is 82.9 Å². The summed E-state index contributed by atoms with van der Waals surface area (Å²) in [6.45, 7) is -0.520. The maximum Gasteiger partial charge on any atom is 0.422 e. The third kappa shape index (κ3) is 4.82. The molecule has 8 nitrogen and oxygen atoms in total. The zero-order valence-corrected chi connectivity index (χ0v) is 13.6. The second kappa shape index (κ2) is 9.44. The standard InChI is InChI=1S/C18H14N4O4/c19-21-15(13-7-3-1-4-8-13)17(23)25-11-12-26-18(24)16(22-20)14-9-5-2-6-10-14/h1-10H,11-12H2. The first kappa shape index (κ1) is 18.5. The first-order valence-corrected chi connectivity index (χ1v) is 7.56. The molecule has 0 spiro atoms. The smallest absolute Gasteiger partial charge is 0.422 e. The molecule has 2 rings (SSSR count). The van der Waals surface area contributed by atoms with Gasteiger partial charge in [-0.2, -0.15) is 9.58 Å². The minimum Gasteiger partial charge on any atom is -0.453 e.